The minimum atomic E-state index is -1.19. The molecule has 2 heteroatoms. The fraction of sp³-hybridized carbons (Fsp3) is 0.750. The van der Waals surface area contributed by atoms with Gasteiger partial charge in [0.05, 0.1) is 0 Å². The summed E-state index contributed by atoms with van der Waals surface area (Å²) in [6.45, 7) is 1.61. The summed E-state index contributed by atoms with van der Waals surface area (Å²) in [6, 6.07) is 0. The molecule has 1 nitrogen and oxygen atoms in total. The molecule has 0 aliphatic rings. The molecule has 6 heavy (non-hydrogen) atoms. The molecule has 0 heterocycles. The smallest absolute Gasteiger partial charge is 0.201 e. The van der Waals surface area contributed by atoms with Gasteiger partial charge in [-0.3, -0.25) is 0 Å². The van der Waals surface area contributed by atoms with E-state index in [1.807, 2.05) is 0 Å². The van der Waals surface area contributed by atoms with Crippen molar-refractivity contribution in [1.82, 2.24) is 0 Å². The molecule has 0 saturated heterocycles. The van der Waals surface area contributed by atoms with E-state index in [2.05, 4.69) is 4.74 Å². The Balaban J connectivity index is 2.75. The van der Waals surface area contributed by atoms with Crippen LogP contribution in [0, 0.1) is 6.42 Å². The minimum Gasteiger partial charge on any atom is -0.351 e. The van der Waals surface area contributed by atoms with Gasteiger partial charge in [-0.05, 0) is 0 Å². The largest absolute Gasteiger partial charge is 0.351 e. The third-order valence-electron chi connectivity index (χ3n) is 0.487. The number of rotatable bonds is 2. The van der Waals surface area contributed by atoms with Crippen molar-refractivity contribution in [2.24, 2.45) is 0 Å². The van der Waals surface area contributed by atoms with Gasteiger partial charge in [-0.15, -0.1) is 0 Å². The Hall–Kier alpha value is -0.110. The molecule has 1 atom stereocenters. The molecular formula is C4H8FO. The lowest BCUT2D eigenvalue weighted by Crippen LogP contribution is -1.98. The Bertz CT molecular complexity index is 26.7. The van der Waals surface area contributed by atoms with Crippen LogP contribution in [0.4, 0.5) is 4.39 Å². The molecule has 0 N–H and O–H groups in total. The number of methoxy groups -OCH3 is 1. The lowest BCUT2D eigenvalue weighted by atomic mass is 10.5. The van der Waals surface area contributed by atoms with Crippen molar-refractivity contribution in [3.05, 3.63) is 6.42 Å². The molecule has 0 aromatic carbocycles. The highest BCUT2D eigenvalue weighted by Gasteiger charge is 1.94. The monoisotopic (exact) mass is 91.1 g/mol. The van der Waals surface area contributed by atoms with E-state index in [1.54, 1.807) is 6.92 Å². The number of alkyl halides is 1. The van der Waals surface area contributed by atoms with Crippen LogP contribution in [0.25, 0.3) is 0 Å². The highest BCUT2D eigenvalue weighted by atomic mass is 19.1. The molecule has 0 aliphatic carbocycles. The van der Waals surface area contributed by atoms with Crippen LogP contribution in [0.1, 0.15) is 6.92 Å². The Morgan fingerprint density at radius 2 is 2.33 bits per heavy atom. The Morgan fingerprint density at radius 3 is 2.33 bits per heavy atom. The van der Waals surface area contributed by atoms with Gasteiger partial charge in [0, 0.05) is 13.5 Å². The first kappa shape index (κ1) is 5.89. The van der Waals surface area contributed by atoms with Crippen LogP contribution in [-0.2, 0) is 4.74 Å². The molecule has 0 aromatic rings. The van der Waals surface area contributed by atoms with E-state index < -0.39 is 6.36 Å². The molecule has 0 rings (SSSR count). The van der Waals surface area contributed by atoms with Crippen LogP contribution in [-0.4, -0.2) is 13.5 Å². The number of halogens is 1. The Kier molecular flexibility index (Phi) is 3.04. The first-order chi connectivity index (χ1) is 2.81. The van der Waals surface area contributed by atoms with Gasteiger partial charge in [0.15, 0.2) is 0 Å². The molecule has 0 spiro atoms. The predicted octanol–water partition coefficient (Wildman–Crippen LogP) is 1.15. The average Bonchev–Trinajstić information content (AvgIpc) is 1.65. The van der Waals surface area contributed by atoms with E-state index in [0.717, 1.165) is 0 Å². The average molecular weight is 91.1 g/mol. The maximum atomic E-state index is 11.6. The van der Waals surface area contributed by atoms with Crippen LogP contribution < -0.4 is 0 Å². The lowest BCUT2D eigenvalue weighted by molar-refractivity contribution is 0.0225. The quantitative estimate of drug-likeness (QED) is 0.495. The van der Waals surface area contributed by atoms with Crippen LogP contribution in [0.15, 0.2) is 0 Å². The summed E-state index contributed by atoms with van der Waals surface area (Å²) in [6.07, 6.45) is 0.144. The summed E-state index contributed by atoms with van der Waals surface area (Å²) in [5, 5.41) is 0. The molecular weight excluding hydrogens is 83.0 g/mol. The summed E-state index contributed by atoms with van der Waals surface area (Å²) in [5.74, 6) is 0. The van der Waals surface area contributed by atoms with E-state index in [0.29, 0.717) is 0 Å². The van der Waals surface area contributed by atoms with Gasteiger partial charge in [0.2, 0.25) is 6.36 Å². The molecule has 0 aliphatic heterocycles. The van der Waals surface area contributed by atoms with Crippen molar-refractivity contribution in [2.75, 3.05) is 7.11 Å². The predicted molar refractivity (Wildman–Crippen MR) is 21.9 cm³/mol. The number of hydrogen-bond acceptors (Lipinski definition) is 1. The maximum absolute atomic E-state index is 11.6. The lowest BCUT2D eigenvalue weighted by Gasteiger charge is -1.96. The minimum absolute atomic E-state index is 1.19. The molecule has 37 valence electrons. The Morgan fingerprint density at radius 1 is 1.83 bits per heavy atom. The summed E-state index contributed by atoms with van der Waals surface area (Å²) in [7, 11) is 1.32. The van der Waals surface area contributed by atoms with E-state index in [-0.39, 0.29) is 0 Å². The summed E-state index contributed by atoms with van der Waals surface area (Å²) in [5.41, 5.74) is 0. The normalized spacial score (nSPS) is 14.5. The summed E-state index contributed by atoms with van der Waals surface area (Å²) < 4.78 is 15.8. The number of hydrogen-bond donors (Lipinski definition) is 0. The summed E-state index contributed by atoms with van der Waals surface area (Å²) in [4.78, 5) is 0. The second kappa shape index (κ2) is 3.09. The van der Waals surface area contributed by atoms with Gasteiger partial charge in [-0.1, -0.05) is 6.92 Å². The highest BCUT2D eigenvalue weighted by Crippen LogP contribution is 1.92. The zero-order chi connectivity index (χ0) is 4.99. The van der Waals surface area contributed by atoms with E-state index in [9.17, 15) is 4.39 Å². The SMILES string of the molecule is C[CH]C(F)OC. The van der Waals surface area contributed by atoms with Gasteiger partial charge < -0.3 is 4.74 Å². The van der Waals surface area contributed by atoms with Crippen molar-refractivity contribution in [3.8, 4) is 0 Å². The summed E-state index contributed by atoms with van der Waals surface area (Å²) >= 11 is 0. The zero-order valence-corrected chi connectivity index (χ0v) is 3.94. The third kappa shape index (κ3) is 2.15. The second-order valence-corrected chi connectivity index (χ2v) is 0.920. The fourth-order valence-corrected chi connectivity index (χ4v) is 0.136. The van der Waals surface area contributed by atoms with Gasteiger partial charge in [-0.2, -0.15) is 0 Å². The Labute approximate surface area is 37.1 Å². The van der Waals surface area contributed by atoms with E-state index >= 15 is 0 Å². The molecule has 0 bridgehead atoms. The molecule has 0 aromatic heterocycles. The first-order valence-electron chi connectivity index (χ1n) is 1.77. The van der Waals surface area contributed by atoms with Gasteiger partial charge >= 0.3 is 0 Å². The van der Waals surface area contributed by atoms with Crippen LogP contribution in [0.2, 0.25) is 0 Å². The zero-order valence-electron chi connectivity index (χ0n) is 3.94. The van der Waals surface area contributed by atoms with Crippen molar-refractivity contribution < 1.29 is 9.13 Å². The highest BCUT2D eigenvalue weighted by molar-refractivity contribution is 4.56. The van der Waals surface area contributed by atoms with Crippen molar-refractivity contribution >= 4 is 0 Å². The van der Waals surface area contributed by atoms with Crippen molar-refractivity contribution in [1.29, 1.82) is 0 Å². The van der Waals surface area contributed by atoms with Crippen LogP contribution in [0.3, 0.4) is 0 Å². The third-order valence-corrected chi connectivity index (χ3v) is 0.487. The standard InChI is InChI=1S/C4H8FO/c1-3-4(5)6-2/h3-4H,1-2H3. The van der Waals surface area contributed by atoms with Gasteiger partial charge in [0.1, 0.15) is 0 Å². The first-order valence-corrected chi connectivity index (χ1v) is 1.77. The van der Waals surface area contributed by atoms with Crippen LogP contribution in [0.5, 0.6) is 0 Å². The van der Waals surface area contributed by atoms with Crippen LogP contribution >= 0.6 is 0 Å². The molecule has 0 fully saturated rings. The number of ether oxygens (including phenoxy) is 1. The molecule has 0 saturated carbocycles. The van der Waals surface area contributed by atoms with Crippen molar-refractivity contribution in [3.63, 3.8) is 0 Å². The molecule has 1 unspecified atom stereocenters. The second-order valence-electron chi connectivity index (χ2n) is 0.920. The van der Waals surface area contributed by atoms with Crippen molar-refractivity contribution in [2.45, 2.75) is 13.3 Å². The van der Waals surface area contributed by atoms with E-state index in [1.165, 1.54) is 13.5 Å². The van der Waals surface area contributed by atoms with Gasteiger partial charge in [-0.25, -0.2) is 4.39 Å². The fourth-order valence-electron chi connectivity index (χ4n) is 0.136. The topological polar surface area (TPSA) is 9.23 Å². The maximum Gasteiger partial charge on any atom is 0.201 e. The molecule has 1 radical (unpaired) electrons. The van der Waals surface area contributed by atoms with E-state index in [4.69, 9.17) is 0 Å². The van der Waals surface area contributed by atoms with Gasteiger partial charge in [0.25, 0.3) is 0 Å². The molecule has 0 amide bonds.